The molecule has 1 aromatic carbocycles. The zero-order chi connectivity index (χ0) is 11.8. The summed E-state index contributed by atoms with van der Waals surface area (Å²) < 4.78 is 4.87. The van der Waals surface area contributed by atoms with Crippen molar-refractivity contribution in [1.82, 2.24) is 0 Å². The summed E-state index contributed by atoms with van der Waals surface area (Å²) in [4.78, 5) is 11.4. The second kappa shape index (κ2) is 6.93. The van der Waals surface area contributed by atoms with Gasteiger partial charge in [-0.15, -0.1) is 0 Å². The molecule has 0 saturated heterocycles. The van der Waals surface area contributed by atoms with Crippen LogP contribution in [0.5, 0.6) is 0 Å². The molecule has 0 fully saturated rings. The lowest BCUT2D eigenvalue weighted by atomic mass is 10.2. The first-order valence-electron chi connectivity index (χ1n) is 5.28. The van der Waals surface area contributed by atoms with E-state index >= 15 is 0 Å². The minimum Gasteiger partial charge on any atom is -0.368 e. The molecule has 3 heteroatoms. The van der Waals surface area contributed by atoms with Crippen LogP contribution in [0.4, 0.5) is 0 Å². The van der Waals surface area contributed by atoms with Gasteiger partial charge in [-0.25, -0.2) is 0 Å². The number of carbonyl (C=O) groups is 1. The Hall–Kier alpha value is -1.45. The van der Waals surface area contributed by atoms with Gasteiger partial charge in [-0.2, -0.15) is 0 Å². The number of hydrogen-bond donors (Lipinski definition) is 1. The van der Waals surface area contributed by atoms with Crippen LogP contribution in [-0.4, -0.2) is 23.8 Å². The lowest BCUT2D eigenvalue weighted by molar-refractivity contribution is -0.131. The van der Waals surface area contributed by atoms with Gasteiger partial charge in [0, 0.05) is 6.61 Å². The van der Waals surface area contributed by atoms with Crippen LogP contribution in [0.3, 0.4) is 0 Å². The van der Waals surface area contributed by atoms with Gasteiger partial charge in [-0.05, 0) is 18.6 Å². The molecule has 86 valence electrons. The largest absolute Gasteiger partial charge is 0.368 e. The fourth-order valence-corrected chi connectivity index (χ4v) is 1.24. The van der Waals surface area contributed by atoms with Gasteiger partial charge in [-0.1, -0.05) is 36.4 Å². The van der Waals surface area contributed by atoms with Crippen molar-refractivity contribution in [3.63, 3.8) is 0 Å². The average molecular weight is 220 g/mol. The number of allylic oxidation sites excluding steroid dienone is 1. The third-order valence-corrected chi connectivity index (χ3v) is 2.00. The summed E-state index contributed by atoms with van der Waals surface area (Å²) in [5.74, 6) is -0.148. The van der Waals surface area contributed by atoms with Crippen molar-refractivity contribution in [2.45, 2.75) is 19.6 Å². The molecular weight excluding hydrogens is 204 g/mol. The number of hydrogen-bond acceptors (Lipinski definition) is 3. The van der Waals surface area contributed by atoms with Crippen molar-refractivity contribution in [3.8, 4) is 0 Å². The van der Waals surface area contributed by atoms with Crippen LogP contribution in [0.2, 0.25) is 0 Å². The molecule has 0 aromatic heterocycles. The Morgan fingerprint density at radius 1 is 1.44 bits per heavy atom. The maximum absolute atomic E-state index is 11.4. The van der Waals surface area contributed by atoms with Gasteiger partial charge >= 0.3 is 0 Å². The van der Waals surface area contributed by atoms with E-state index in [-0.39, 0.29) is 12.2 Å². The molecule has 0 bridgehead atoms. The summed E-state index contributed by atoms with van der Waals surface area (Å²) in [5, 5.41) is 9.24. The maximum atomic E-state index is 11.4. The van der Waals surface area contributed by atoms with Crippen LogP contribution in [-0.2, 0) is 9.53 Å². The van der Waals surface area contributed by atoms with E-state index in [1.165, 1.54) is 6.08 Å². The van der Waals surface area contributed by atoms with Crippen LogP contribution >= 0.6 is 0 Å². The Bertz CT molecular complexity index is 343. The maximum Gasteiger partial charge on any atom is 0.161 e. The van der Waals surface area contributed by atoms with Crippen LogP contribution in [0, 0.1) is 0 Å². The van der Waals surface area contributed by atoms with Crippen LogP contribution in [0.15, 0.2) is 36.4 Å². The van der Waals surface area contributed by atoms with Crippen LogP contribution < -0.4 is 0 Å². The lowest BCUT2D eigenvalue weighted by Gasteiger charge is -2.07. The molecule has 16 heavy (non-hydrogen) atoms. The van der Waals surface area contributed by atoms with Crippen molar-refractivity contribution in [1.29, 1.82) is 0 Å². The molecule has 0 aliphatic heterocycles. The van der Waals surface area contributed by atoms with Crippen molar-refractivity contribution in [3.05, 3.63) is 42.0 Å². The molecule has 0 aliphatic carbocycles. The molecule has 0 heterocycles. The second-order valence-corrected chi connectivity index (χ2v) is 3.32. The molecular formula is C13H16O3. The highest BCUT2D eigenvalue weighted by molar-refractivity contribution is 5.93. The summed E-state index contributed by atoms with van der Waals surface area (Å²) >= 11 is 0. The molecule has 0 aliphatic rings. The Morgan fingerprint density at radius 2 is 2.12 bits per heavy atom. The topological polar surface area (TPSA) is 46.5 Å². The minimum absolute atomic E-state index is 0.00280. The first kappa shape index (κ1) is 12.6. The van der Waals surface area contributed by atoms with E-state index in [4.69, 9.17) is 4.74 Å². The van der Waals surface area contributed by atoms with Crippen LogP contribution in [0.25, 0.3) is 6.08 Å². The molecule has 0 radical (unpaired) electrons. The summed E-state index contributed by atoms with van der Waals surface area (Å²) in [6.45, 7) is 2.17. The molecule has 0 spiro atoms. The van der Waals surface area contributed by atoms with Gasteiger partial charge < -0.3 is 9.84 Å². The van der Waals surface area contributed by atoms with Gasteiger partial charge in [0.2, 0.25) is 0 Å². The molecule has 1 atom stereocenters. The van der Waals surface area contributed by atoms with E-state index < -0.39 is 6.29 Å². The van der Waals surface area contributed by atoms with E-state index in [9.17, 15) is 9.90 Å². The molecule has 0 amide bonds. The van der Waals surface area contributed by atoms with Gasteiger partial charge in [0.15, 0.2) is 12.1 Å². The standard InChI is InChI=1S/C13H16O3/c1-2-16-13(15)10-12(14)9-8-11-6-4-3-5-7-11/h3-9,13,15H,2,10H2,1H3. The van der Waals surface area contributed by atoms with E-state index in [2.05, 4.69) is 0 Å². The van der Waals surface area contributed by atoms with Gasteiger partial charge in [0.1, 0.15) is 0 Å². The molecule has 1 aromatic rings. The number of ether oxygens (including phenoxy) is 1. The number of rotatable bonds is 6. The molecule has 1 rings (SSSR count). The minimum atomic E-state index is -1.00. The average Bonchev–Trinajstić information content (AvgIpc) is 2.28. The van der Waals surface area contributed by atoms with Crippen molar-refractivity contribution in [2.24, 2.45) is 0 Å². The second-order valence-electron chi connectivity index (χ2n) is 3.32. The highest BCUT2D eigenvalue weighted by Gasteiger charge is 2.07. The van der Waals surface area contributed by atoms with Gasteiger partial charge in [0.05, 0.1) is 6.42 Å². The first-order chi connectivity index (χ1) is 7.72. The first-order valence-corrected chi connectivity index (χ1v) is 5.28. The summed E-state index contributed by atoms with van der Waals surface area (Å²) in [6, 6.07) is 9.53. The highest BCUT2D eigenvalue weighted by atomic mass is 16.6. The van der Waals surface area contributed by atoms with Crippen molar-refractivity contribution >= 4 is 11.9 Å². The Balaban J connectivity index is 2.42. The fourth-order valence-electron chi connectivity index (χ4n) is 1.24. The molecule has 3 nitrogen and oxygen atoms in total. The quantitative estimate of drug-likeness (QED) is 0.589. The molecule has 1 unspecified atom stereocenters. The molecule has 1 N–H and O–H groups in total. The number of aliphatic hydroxyl groups is 1. The van der Waals surface area contributed by atoms with Crippen molar-refractivity contribution < 1.29 is 14.6 Å². The Morgan fingerprint density at radius 3 is 2.75 bits per heavy atom. The smallest absolute Gasteiger partial charge is 0.161 e. The Kier molecular flexibility index (Phi) is 5.46. The molecule has 0 saturated carbocycles. The monoisotopic (exact) mass is 220 g/mol. The summed E-state index contributed by atoms with van der Waals surface area (Å²) in [5.41, 5.74) is 0.960. The van der Waals surface area contributed by atoms with E-state index in [1.54, 1.807) is 13.0 Å². The van der Waals surface area contributed by atoms with Crippen LogP contribution in [0.1, 0.15) is 18.9 Å². The highest BCUT2D eigenvalue weighted by Crippen LogP contribution is 2.03. The number of benzene rings is 1. The lowest BCUT2D eigenvalue weighted by Crippen LogP contribution is -2.15. The normalized spacial score (nSPS) is 12.9. The van der Waals surface area contributed by atoms with Gasteiger partial charge in [-0.3, -0.25) is 4.79 Å². The number of carbonyl (C=O) groups excluding carboxylic acids is 1. The van der Waals surface area contributed by atoms with Crippen molar-refractivity contribution in [2.75, 3.05) is 6.61 Å². The predicted molar refractivity (Wildman–Crippen MR) is 62.7 cm³/mol. The van der Waals surface area contributed by atoms with Gasteiger partial charge in [0.25, 0.3) is 0 Å². The zero-order valence-electron chi connectivity index (χ0n) is 9.30. The summed E-state index contributed by atoms with van der Waals surface area (Å²) in [6.07, 6.45) is 2.17. The Labute approximate surface area is 95.4 Å². The number of ketones is 1. The fraction of sp³-hybridized carbons (Fsp3) is 0.308. The third-order valence-electron chi connectivity index (χ3n) is 2.00. The third kappa shape index (κ3) is 4.87. The SMILES string of the molecule is CCOC(O)CC(=O)C=Cc1ccccc1. The predicted octanol–water partition coefficient (Wildman–Crippen LogP) is 2.01. The zero-order valence-corrected chi connectivity index (χ0v) is 9.30. The summed E-state index contributed by atoms with van der Waals surface area (Å²) in [7, 11) is 0. The van der Waals surface area contributed by atoms with E-state index in [0.717, 1.165) is 5.56 Å². The number of aliphatic hydroxyl groups excluding tert-OH is 1. The van der Waals surface area contributed by atoms with E-state index in [0.29, 0.717) is 6.61 Å². The van der Waals surface area contributed by atoms with E-state index in [1.807, 2.05) is 30.3 Å².